The van der Waals surface area contributed by atoms with Crippen molar-refractivity contribution in [1.82, 2.24) is 9.97 Å². The lowest BCUT2D eigenvalue weighted by molar-refractivity contribution is 0.471. The van der Waals surface area contributed by atoms with Gasteiger partial charge in [0.05, 0.1) is 10.0 Å². The molecule has 0 bridgehead atoms. The Hall–Kier alpha value is -6.42. The zero-order chi connectivity index (χ0) is 55.7. The predicted molar refractivity (Wildman–Crippen MR) is 322 cm³/mol. The van der Waals surface area contributed by atoms with Crippen LogP contribution in [-0.4, -0.2) is 15.1 Å². The minimum absolute atomic E-state index is 0.0543. The van der Waals surface area contributed by atoms with Crippen LogP contribution in [0.2, 0.25) is 30.1 Å². The zero-order valence-electron chi connectivity index (χ0n) is 43.8. The van der Waals surface area contributed by atoms with Crippen molar-refractivity contribution in [2.24, 2.45) is 0 Å². The molecule has 0 aliphatic rings. The lowest BCUT2D eigenvalue weighted by Gasteiger charge is -2.22. The topological polar surface area (TPSA) is 106 Å². The highest BCUT2D eigenvalue weighted by atomic mass is 35.5. The Labute approximate surface area is 478 Å². The van der Waals surface area contributed by atoms with Gasteiger partial charge in [-0.25, -0.2) is 19.6 Å². The van der Waals surface area contributed by atoms with Crippen molar-refractivity contribution in [3.8, 4) is 61.6 Å². The number of phenols is 1. The van der Waals surface area contributed by atoms with Crippen molar-refractivity contribution >= 4 is 91.8 Å². The van der Waals surface area contributed by atoms with E-state index in [9.17, 15) is 14.7 Å². The van der Waals surface area contributed by atoms with Gasteiger partial charge in [0, 0.05) is 59.0 Å². The summed E-state index contributed by atoms with van der Waals surface area (Å²) < 4.78 is 11.5. The largest absolute Gasteiger partial charge is 0.508 e. The fourth-order valence-corrected chi connectivity index (χ4v) is 10.4. The first-order valence-electron chi connectivity index (χ1n) is 24.6. The molecule has 2 aromatic heterocycles. The highest BCUT2D eigenvalue weighted by Crippen LogP contribution is 2.43. The highest BCUT2D eigenvalue weighted by molar-refractivity contribution is 6.40. The molecule has 392 valence electrons. The van der Waals surface area contributed by atoms with Crippen LogP contribution in [0.4, 0.5) is 0 Å². The molecule has 0 saturated heterocycles. The van der Waals surface area contributed by atoms with E-state index in [2.05, 4.69) is 72.3 Å². The van der Waals surface area contributed by atoms with E-state index in [4.69, 9.17) is 78.4 Å². The SMILES string of the molecule is CC(C)(C)c1cc(-c2c(Cl)cccc2Cl)c2oc(=O)c(-c3ccccc3)nc2c1.CC(C)(C)c1cc(-c2c(Cl)cccc2Cl)cc2nc(-c3ccccc3)c(=O)oc12.CC(C)(C)c1cc(O)cc(-c2c(Cl)cccc2Cl)c1. The smallest absolute Gasteiger partial charge is 0.363 e. The molecule has 2 heterocycles. The molecule has 1 N–H and O–H groups in total. The molecule has 8 aromatic carbocycles. The summed E-state index contributed by atoms with van der Waals surface area (Å²) in [5, 5.41) is 13.2. The van der Waals surface area contributed by atoms with Gasteiger partial charge >= 0.3 is 11.3 Å². The molecule has 0 radical (unpaired) electrons. The number of benzene rings is 8. The van der Waals surface area contributed by atoms with Crippen molar-refractivity contribution in [2.75, 3.05) is 0 Å². The van der Waals surface area contributed by atoms with E-state index in [1.54, 1.807) is 54.6 Å². The van der Waals surface area contributed by atoms with Gasteiger partial charge in [0.2, 0.25) is 0 Å². The van der Waals surface area contributed by atoms with Crippen LogP contribution in [0.5, 0.6) is 5.75 Å². The number of aromatic hydroxyl groups is 1. The summed E-state index contributed by atoms with van der Waals surface area (Å²) in [5.41, 5.74) is 9.94. The highest BCUT2D eigenvalue weighted by Gasteiger charge is 2.26. The summed E-state index contributed by atoms with van der Waals surface area (Å²) in [4.78, 5) is 34.8. The van der Waals surface area contributed by atoms with E-state index in [1.807, 2.05) is 103 Å². The van der Waals surface area contributed by atoms with Crippen LogP contribution in [0.1, 0.15) is 79.0 Å². The van der Waals surface area contributed by atoms with Gasteiger partial charge in [-0.2, -0.15) is 0 Å². The maximum Gasteiger partial charge on any atom is 0.363 e. The van der Waals surface area contributed by atoms with Crippen molar-refractivity contribution < 1.29 is 13.9 Å². The third kappa shape index (κ3) is 12.8. The molecule has 0 spiro atoms. The number of hydrogen-bond acceptors (Lipinski definition) is 7. The molecule has 0 atom stereocenters. The summed E-state index contributed by atoms with van der Waals surface area (Å²) in [6, 6.07) is 48.0. The summed E-state index contributed by atoms with van der Waals surface area (Å²) in [7, 11) is 0. The standard InChI is InChI=1S/2C24H19Cl2NO2.C16H16Cl2O/c1-24(2,3)15-12-16(20-17(25)10-7-11-18(20)26)22-19(13-15)27-21(23(28)29-22)14-8-5-4-6-9-14;1-24(2,3)16-12-15(20-17(25)10-7-11-18(20)26)13-19-22(16)29-23(28)21(27-19)14-8-5-4-6-9-14;1-16(2,3)11-7-10(8-12(19)9-11)15-13(17)5-4-6-14(15)18/h2*4-13H,1-3H3;4-9,19H,1-3H3. The number of halogens is 6. The number of hydrogen-bond donors (Lipinski definition) is 1. The summed E-state index contributed by atoms with van der Waals surface area (Å²) in [6.45, 7) is 18.8. The van der Waals surface area contributed by atoms with E-state index in [-0.39, 0.29) is 33.4 Å². The molecule has 0 unspecified atom stereocenters. The van der Waals surface area contributed by atoms with Gasteiger partial charge in [0.25, 0.3) is 0 Å². The van der Waals surface area contributed by atoms with Gasteiger partial charge in [-0.1, -0.05) is 217 Å². The first-order valence-corrected chi connectivity index (χ1v) is 26.8. The minimum Gasteiger partial charge on any atom is -0.508 e. The average molecular weight is 1140 g/mol. The lowest BCUT2D eigenvalue weighted by atomic mass is 9.84. The number of fused-ring (bicyclic) bond motifs is 2. The molecule has 0 saturated carbocycles. The van der Waals surface area contributed by atoms with Gasteiger partial charge in [-0.05, 0) is 111 Å². The monoisotopic (exact) mass is 1140 g/mol. The third-order valence-electron chi connectivity index (χ3n) is 12.7. The molecule has 0 fully saturated rings. The molecule has 0 amide bonds. The van der Waals surface area contributed by atoms with Crippen molar-refractivity contribution in [3.05, 3.63) is 225 Å². The summed E-state index contributed by atoms with van der Waals surface area (Å²) in [6.07, 6.45) is 0. The fourth-order valence-electron chi connectivity index (χ4n) is 8.59. The van der Waals surface area contributed by atoms with Crippen LogP contribution in [0.15, 0.2) is 176 Å². The van der Waals surface area contributed by atoms with E-state index in [0.29, 0.717) is 74.6 Å². The Morgan fingerprint density at radius 3 is 1.21 bits per heavy atom. The molecule has 77 heavy (non-hydrogen) atoms. The van der Waals surface area contributed by atoms with Crippen molar-refractivity contribution in [3.63, 3.8) is 0 Å². The molecular formula is C64H54Cl6N2O5. The van der Waals surface area contributed by atoms with E-state index in [0.717, 1.165) is 38.9 Å². The maximum atomic E-state index is 12.8. The molecule has 10 aromatic rings. The summed E-state index contributed by atoms with van der Waals surface area (Å²) >= 11 is 38.3. The van der Waals surface area contributed by atoms with Crippen molar-refractivity contribution in [2.45, 2.75) is 78.6 Å². The number of phenolic OH excluding ortho intramolecular Hbond substituents is 1. The Bertz CT molecular complexity index is 3840. The van der Waals surface area contributed by atoms with Crippen LogP contribution in [0.3, 0.4) is 0 Å². The quantitative estimate of drug-likeness (QED) is 0.183. The second-order valence-electron chi connectivity index (χ2n) is 21.5. The molecule has 10 rings (SSSR count). The van der Waals surface area contributed by atoms with E-state index in [1.165, 1.54) is 0 Å². The number of aromatic nitrogens is 2. The van der Waals surface area contributed by atoms with Gasteiger partial charge in [-0.3, -0.25) is 0 Å². The fraction of sp³-hybridized carbons (Fsp3) is 0.188. The maximum absolute atomic E-state index is 12.8. The normalized spacial score (nSPS) is 11.7. The van der Waals surface area contributed by atoms with Crippen LogP contribution in [-0.2, 0) is 16.2 Å². The van der Waals surface area contributed by atoms with E-state index < -0.39 is 11.3 Å². The molecule has 13 heteroatoms. The molecule has 0 aliphatic heterocycles. The molecular weight excluding hydrogens is 1090 g/mol. The molecule has 0 aliphatic carbocycles. The van der Waals surface area contributed by atoms with E-state index >= 15 is 0 Å². The Morgan fingerprint density at radius 2 is 0.779 bits per heavy atom. The van der Waals surface area contributed by atoms with Crippen LogP contribution >= 0.6 is 69.6 Å². The lowest BCUT2D eigenvalue weighted by Crippen LogP contribution is -2.15. The summed E-state index contributed by atoms with van der Waals surface area (Å²) in [5.74, 6) is 0.221. The molecule has 7 nitrogen and oxygen atoms in total. The zero-order valence-corrected chi connectivity index (χ0v) is 48.3. The van der Waals surface area contributed by atoms with Gasteiger partial charge in [0.15, 0.2) is 22.6 Å². The average Bonchev–Trinajstić information content (AvgIpc) is 3.42. The van der Waals surface area contributed by atoms with Crippen molar-refractivity contribution in [1.29, 1.82) is 0 Å². The second kappa shape index (κ2) is 22.9. The van der Waals surface area contributed by atoms with Crippen LogP contribution in [0.25, 0.3) is 78.1 Å². The third-order valence-corrected chi connectivity index (χ3v) is 14.6. The second-order valence-corrected chi connectivity index (χ2v) is 23.9. The Morgan fingerprint density at radius 1 is 0.390 bits per heavy atom. The predicted octanol–water partition coefficient (Wildman–Crippen LogP) is 19.9. The van der Waals surface area contributed by atoms with Crippen LogP contribution < -0.4 is 11.3 Å². The minimum atomic E-state index is -0.503. The Kier molecular flexibility index (Phi) is 16.9. The Balaban J connectivity index is 0.000000157. The number of nitrogens with zero attached hydrogens (tertiary/aromatic N) is 2. The first kappa shape index (κ1) is 56.8. The number of rotatable bonds is 5. The van der Waals surface area contributed by atoms with Crippen LogP contribution in [0, 0.1) is 0 Å². The van der Waals surface area contributed by atoms with Gasteiger partial charge in [0.1, 0.15) is 16.8 Å². The van der Waals surface area contributed by atoms with Gasteiger partial charge in [-0.15, -0.1) is 0 Å². The first-order chi connectivity index (χ1) is 36.3. The van der Waals surface area contributed by atoms with Gasteiger partial charge < -0.3 is 13.9 Å².